The Balaban J connectivity index is 2.46. The molecule has 0 spiro atoms. The highest BCUT2D eigenvalue weighted by Gasteiger charge is 2.24. The number of aromatic nitrogens is 1. The molecule has 0 atom stereocenters. The van der Waals surface area contributed by atoms with Crippen LogP contribution in [0.25, 0.3) is 17.0 Å². The summed E-state index contributed by atoms with van der Waals surface area (Å²) >= 11 is 0. The van der Waals surface area contributed by atoms with Gasteiger partial charge in [0, 0.05) is 24.2 Å². The number of hydrogen-bond donors (Lipinski definition) is 0. The minimum absolute atomic E-state index is 0.0543. The van der Waals surface area contributed by atoms with Gasteiger partial charge in [0.25, 0.3) is 5.92 Å². The van der Waals surface area contributed by atoms with E-state index < -0.39 is 11.7 Å². The molecule has 1 aromatic heterocycles. The molecule has 0 saturated carbocycles. The quantitative estimate of drug-likeness (QED) is 0.727. The topological polar surface area (TPSA) is 12.9 Å². The smallest absolute Gasteiger partial charge is 0.253 e. The Morgan fingerprint density at radius 3 is 2.48 bits per heavy atom. The van der Waals surface area contributed by atoms with E-state index in [1.807, 2.05) is 0 Å². The van der Waals surface area contributed by atoms with Crippen LogP contribution < -0.4 is 0 Å². The molecule has 4 heteroatoms. The number of alkyl halides is 2. The Morgan fingerprint density at radius 1 is 1.19 bits per heavy atom. The Kier molecular flexibility index (Phi) is 4.16. The Bertz CT molecular complexity index is 685. The standard InChI is InChI=1S/C17H16F3N/c1-4-15(18)16-11(2)8-13(10-21-16)12-6-5-7-14(9-12)17(3,19)20/h4-10H,1-3H3/b15-4+. The third-order valence-electron chi connectivity index (χ3n) is 3.26. The summed E-state index contributed by atoms with van der Waals surface area (Å²) in [5.74, 6) is -3.29. The first-order chi connectivity index (χ1) is 9.82. The molecule has 2 rings (SSSR count). The monoisotopic (exact) mass is 291 g/mol. The van der Waals surface area contributed by atoms with Gasteiger partial charge in [-0.05, 0) is 43.2 Å². The van der Waals surface area contributed by atoms with Crippen LogP contribution in [0.1, 0.15) is 30.7 Å². The van der Waals surface area contributed by atoms with Crippen molar-refractivity contribution < 1.29 is 13.2 Å². The van der Waals surface area contributed by atoms with Crippen molar-refractivity contribution in [2.45, 2.75) is 26.7 Å². The second-order valence-electron chi connectivity index (χ2n) is 5.00. The summed E-state index contributed by atoms with van der Waals surface area (Å²) in [7, 11) is 0. The summed E-state index contributed by atoms with van der Waals surface area (Å²) in [5.41, 5.74) is 2.21. The predicted octanol–water partition coefficient (Wildman–Crippen LogP) is 5.50. The number of aryl methyl sites for hydroxylation is 1. The fraction of sp³-hybridized carbons (Fsp3) is 0.235. The van der Waals surface area contributed by atoms with Gasteiger partial charge in [-0.25, -0.2) is 13.2 Å². The van der Waals surface area contributed by atoms with Gasteiger partial charge in [0.1, 0.15) is 11.5 Å². The zero-order valence-electron chi connectivity index (χ0n) is 12.1. The summed E-state index contributed by atoms with van der Waals surface area (Å²) in [4.78, 5) is 4.09. The molecule has 1 heterocycles. The fourth-order valence-corrected chi connectivity index (χ4v) is 2.09. The molecule has 0 radical (unpaired) electrons. The summed E-state index contributed by atoms with van der Waals surface area (Å²) in [5, 5.41) is 0. The van der Waals surface area contributed by atoms with Crippen molar-refractivity contribution in [3.05, 3.63) is 59.4 Å². The van der Waals surface area contributed by atoms with Crippen LogP contribution in [-0.2, 0) is 5.92 Å². The number of pyridine rings is 1. The SMILES string of the molecule is C/C=C(/F)c1ncc(-c2cccc(C(C)(F)F)c2)cc1C. The van der Waals surface area contributed by atoms with Gasteiger partial charge in [-0.2, -0.15) is 0 Å². The van der Waals surface area contributed by atoms with Crippen LogP contribution in [0.15, 0.2) is 42.6 Å². The van der Waals surface area contributed by atoms with Crippen molar-refractivity contribution in [2.75, 3.05) is 0 Å². The van der Waals surface area contributed by atoms with E-state index in [4.69, 9.17) is 0 Å². The first-order valence-electron chi connectivity index (χ1n) is 6.60. The van der Waals surface area contributed by atoms with E-state index in [0.717, 1.165) is 6.92 Å². The van der Waals surface area contributed by atoms with E-state index in [0.29, 0.717) is 16.7 Å². The minimum Gasteiger partial charge on any atom is -0.253 e. The molecule has 0 aliphatic carbocycles. The third kappa shape index (κ3) is 3.32. The van der Waals surface area contributed by atoms with Crippen LogP contribution in [0.5, 0.6) is 0 Å². The second kappa shape index (κ2) is 5.72. The molecule has 110 valence electrons. The van der Waals surface area contributed by atoms with Gasteiger partial charge in [0.15, 0.2) is 0 Å². The maximum absolute atomic E-state index is 13.6. The van der Waals surface area contributed by atoms with Crippen LogP contribution >= 0.6 is 0 Å². The van der Waals surface area contributed by atoms with Gasteiger partial charge in [-0.3, -0.25) is 4.98 Å². The molecule has 0 amide bonds. The molecule has 0 unspecified atom stereocenters. The van der Waals surface area contributed by atoms with Gasteiger partial charge in [0.2, 0.25) is 0 Å². The third-order valence-corrected chi connectivity index (χ3v) is 3.26. The van der Waals surface area contributed by atoms with Gasteiger partial charge < -0.3 is 0 Å². The molecule has 2 aromatic rings. The predicted molar refractivity (Wildman–Crippen MR) is 78.7 cm³/mol. The van der Waals surface area contributed by atoms with Crippen molar-refractivity contribution in [1.29, 1.82) is 0 Å². The molecular weight excluding hydrogens is 275 g/mol. The summed E-state index contributed by atoms with van der Waals surface area (Å²) in [6.45, 7) is 4.20. The Hall–Kier alpha value is -2.10. The lowest BCUT2D eigenvalue weighted by Gasteiger charge is -2.12. The van der Waals surface area contributed by atoms with Crippen molar-refractivity contribution >= 4 is 5.83 Å². The highest BCUT2D eigenvalue weighted by Crippen LogP contribution is 2.31. The van der Waals surface area contributed by atoms with E-state index in [1.54, 1.807) is 32.0 Å². The number of benzene rings is 1. The number of allylic oxidation sites excluding steroid dienone is 1. The van der Waals surface area contributed by atoms with Crippen molar-refractivity contribution in [3.63, 3.8) is 0 Å². The van der Waals surface area contributed by atoms with E-state index in [1.165, 1.54) is 24.4 Å². The lowest BCUT2D eigenvalue weighted by molar-refractivity contribution is 0.0175. The normalized spacial score (nSPS) is 12.6. The molecule has 0 N–H and O–H groups in total. The van der Waals surface area contributed by atoms with Crippen LogP contribution in [0.2, 0.25) is 0 Å². The van der Waals surface area contributed by atoms with Gasteiger partial charge in [-0.1, -0.05) is 18.2 Å². The van der Waals surface area contributed by atoms with Gasteiger partial charge in [-0.15, -0.1) is 0 Å². The van der Waals surface area contributed by atoms with Crippen LogP contribution in [0, 0.1) is 6.92 Å². The zero-order valence-corrected chi connectivity index (χ0v) is 12.1. The molecule has 21 heavy (non-hydrogen) atoms. The number of hydrogen-bond acceptors (Lipinski definition) is 1. The summed E-state index contributed by atoms with van der Waals surface area (Å²) < 4.78 is 40.3. The van der Waals surface area contributed by atoms with Crippen LogP contribution in [0.4, 0.5) is 13.2 Å². The highest BCUT2D eigenvalue weighted by atomic mass is 19.3. The molecule has 0 bridgehead atoms. The molecule has 0 aliphatic rings. The average molecular weight is 291 g/mol. The lowest BCUT2D eigenvalue weighted by atomic mass is 10.0. The van der Waals surface area contributed by atoms with Crippen LogP contribution in [-0.4, -0.2) is 4.98 Å². The minimum atomic E-state index is -2.89. The summed E-state index contributed by atoms with van der Waals surface area (Å²) in [6, 6.07) is 7.88. The first-order valence-corrected chi connectivity index (χ1v) is 6.60. The molecule has 1 aromatic carbocycles. The Morgan fingerprint density at radius 2 is 1.90 bits per heavy atom. The maximum Gasteiger partial charge on any atom is 0.270 e. The first kappa shape index (κ1) is 15.3. The number of halogens is 3. The lowest BCUT2D eigenvalue weighted by Crippen LogP contribution is -2.06. The molecule has 1 nitrogen and oxygen atoms in total. The molecule has 0 aliphatic heterocycles. The average Bonchev–Trinajstić information content (AvgIpc) is 2.45. The van der Waals surface area contributed by atoms with Gasteiger partial charge >= 0.3 is 0 Å². The van der Waals surface area contributed by atoms with Crippen molar-refractivity contribution in [1.82, 2.24) is 4.98 Å². The fourth-order valence-electron chi connectivity index (χ4n) is 2.09. The highest BCUT2D eigenvalue weighted by molar-refractivity contribution is 5.67. The Labute approximate surface area is 122 Å². The van der Waals surface area contributed by atoms with Crippen LogP contribution in [0.3, 0.4) is 0 Å². The number of rotatable bonds is 3. The second-order valence-corrected chi connectivity index (χ2v) is 5.00. The largest absolute Gasteiger partial charge is 0.270 e. The van der Waals surface area contributed by atoms with Gasteiger partial charge in [0.05, 0.1) is 0 Å². The molecule has 0 saturated heterocycles. The molecular formula is C17H16F3N. The van der Waals surface area contributed by atoms with E-state index >= 15 is 0 Å². The van der Waals surface area contributed by atoms with Crippen molar-refractivity contribution in [2.24, 2.45) is 0 Å². The molecule has 0 fully saturated rings. The maximum atomic E-state index is 13.6. The van der Waals surface area contributed by atoms with E-state index in [-0.39, 0.29) is 11.3 Å². The number of nitrogens with zero attached hydrogens (tertiary/aromatic N) is 1. The summed E-state index contributed by atoms with van der Waals surface area (Å²) in [6.07, 6.45) is 2.84. The van der Waals surface area contributed by atoms with Crippen molar-refractivity contribution in [3.8, 4) is 11.1 Å². The van der Waals surface area contributed by atoms with E-state index in [9.17, 15) is 13.2 Å². The zero-order chi connectivity index (χ0) is 15.6. The van der Waals surface area contributed by atoms with E-state index in [2.05, 4.69) is 4.98 Å².